The largest absolute Gasteiger partial charge is 0.390 e. The number of amides is 1. The summed E-state index contributed by atoms with van der Waals surface area (Å²) in [5, 5.41) is 13.3. The first kappa shape index (κ1) is 13.2. The smallest absolute Gasteiger partial charge is 0.240 e. The second-order valence-electron chi connectivity index (χ2n) is 5.26. The van der Waals surface area contributed by atoms with Crippen LogP contribution in [0.3, 0.4) is 0 Å². The number of rotatable bonds is 1. The number of thioether (sulfide) groups is 1. The van der Waals surface area contributed by atoms with E-state index in [1.165, 1.54) is 0 Å². The summed E-state index contributed by atoms with van der Waals surface area (Å²) in [5.74, 6) is 2.19. The van der Waals surface area contributed by atoms with Gasteiger partial charge in [0.2, 0.25) is 5.91 Å². The lowest BCUT2D eigenvalue weighted by molar-refractivity contribution is -0.133. The topological polar surface area (TPSA) is 52.6 Å². The third-order valence-corrected chi connectivity index (χ3v) is 4.66. The van der Waals surface area contributed by atoms with E-state index in [0.717, 1.165) is 37.4 Å². The Kier molecular flexibility index (Phi) is 4.33. The molecule has 2 N–H and O–H groups in total. The minimum Gasteiger partial charge on any atom is -0.390 e. The summed E-state index contributed by atoms with van der Waals surface area (Å²) >= 11 is 1.84. The summed E-state index contributed by atoms with van der Waals surface area (Å²) in [5.41, 5.74) is -0.593. The molecule has 0 aromatic rings. The fourth-order valence-electron chi connectivity index (χ4n) is 2.43. The molecule has 5 heteroatoms. The minimum atomic E-state index is -0.593. The average Bonchev–Trinajstić information content (AvgIpc) is 2.50. The Bertz CT molecular complexity index is 278. The molecule has 0 saturated carbocycles. The van der Waals surface area contributed by atoms with Crippen molar-refractivity contribution in [3.8, 4) is 0 Å². The number of nitrogens with zero attached hydrogens (tertiary/aromatic N) is 1. The van der Waals surface area contributed by atoms with Gasteiger partial charge in [-0.1, -0.05) is 0 Å². The Morgan fingerprint density at radius 1 is 1.47 bits per heavy atom. The van der Waals surface area contributed by atoms with Gasteiger partial charge in [-0.15, -0.1) is 0 Å². The molecule has 0 radical (unpaired) electrons. The molecule has 0 bridgehead atoms. The normalized spacial score (nSPS) is 35.4. The van der Waals surface area contributed by atoms with Gasteiger partial charge >= 0.3 is 0 Å². The van der Waals surface area contributed by atoms with E-state index in [-0.39, 0.29) is 11.9 Å². The summed E-state index contributed by atoms with van der Waals surface area (Å²) in [6, 6.07) is -0.0169. The van der Waals surface area contributed by atoms with Gasteiger partial charge in [-0.3, -0.25) is 4.79 Å². The van der Waals surface area contributed by atoms with Crippen molar-refractivity contribution < 1.29 is 9.90 Å². The summed E-state index contributed by atoms with van der Waals surface area (Å²) in [6.07, 6.45) is 2.39. The van der Waals surface area contributed by atoms with Gasteiger partial charge in [-0.2, -0.15) is 11.8 Å². The maximum absolute atomic E-state index is 12.3. The van der Waals surface area contributed by atoms with E-state index in [4.69, 9.17) is 0 Å². The number of hydrogen-bond acceptors (Lipinski definition) is 4. The van der Waals surface area contributed by atoms with Crippen LogP contribution in [0.2, 0.25) is 0 Å². The molecule has 17 heavy (non-hydrogen) atoms. The van der Waals surface area contributed by atoms with Crippen LogP contribution in [0.15, 0.2) is 0 Å². The van der Waals surface area contributed by atoms with E-state index in [1.807, 2.05) is 23.6 Å². The molecular formula is C12H22N2O2S. The highest BCUT2D eigenvalue weighted by atomic mass is 32.2. The second kappa shape index (κ2) is 5.59. The lowest BCUT2D eigenvalue weighted by Crippen LogP contribution is -2.51. The van der Waals surface area contributed by atoms with Crippen LogP contribution >= 0.6 is 11.8 Å². The van der Waals surface area contributed by atoms with Crippen LogP contribution in [-0.4, -0.2) is 58.7 Å². The molecule has 2 fully saturated rings. The summed E-state index contributed by atoms with van der Waals surface area (Å²) in [4.78, 5) is 14.2. The molecule has 1 amide bonds. The molecule has 2 atom stereocenters. The highest BCUT2D eigenvalue weighted by Crippen LogP contribution is 2.22. The number of likely N-dealkylation sites (tertiary alicyclic amines) is 1. The van der Waals surface area contributed by atoms with E-state index in [0.29, 0.717) is 13.0 Å². The van der Waals surface area contributed by atoms with E-state index in [1.54, 1.807) is 0 Å². The van der Waals surface area contributed by atoms with Crippen LogP contribution in [0.25, 0.3) is 0 Å². The van der Waals surface area contributed by atoms with E-state index < -0.39 is 5.60 Å². The molecule has 0 spiro atoms. The third kappa shape index (κ3) is 3.60. The lowest BCUT2D eigenvalue weighted by atomic mass is 9.98. The highest BCUT2D eigenvalue weighted by Gasteiger charge is 2.30. The van der Waals surface area contributed by atoms with Gasteiger partial charge in [-0.05, 0) is 26.2 Å². The van der Waals surface area contributed by atoms with Crippen molar-refractivity contribution in [2.75, 3.05) is 31.1 Å². The second-order valence-corrected chi connectivity index (χ2v) is 6.41. The number of hydrogen-bond donors (Lipinski definition) is 2. The molecule has 2 saturated heterocycles. The Morgan fingerprint density at radius 3 is 3.00 bits per heavy atom. The number of carbonyl (C=O) groups is 1. The van der Waals surface area contributed by atoms with Crippen LogP contribution in [0, 0.1) is 0 Å². The Labute approximate surface area is 107 Å². The van der Waals surface area contributed by atoms with Crippen LogP contribution in [-0.2, 0) is 4.79 Å². The maximum Gasteiger partial charge on any atom is 0.240 e. The molecule has 0 aromatic heterocycles. The van der Waals surface area contributed by atoms with Gasteiger partial charge < -0.3 is 15.3 Å². The fraction of sp³-hybridized carbons (Fsp3) is 0.917. The van der Waals surface area contributed by atoms with Crippen LogP contribution in [0.5, 0.6) is 0 Å². The van der Waals surface area contributed by atoms with Crippen LogP contribution in [0.4, 0.5) is 0 Å². The monoisotopic (exact) mass is 258 g/mol. The maximum atomic E-state index is 12.3. The predicted octanol–water partition coefficient (Wildman–Crippen LogP) is 0.455. The predicted molar refractivity (Wildman–Crippen MR) is 70.2 cm³/mol. The molecule has 2 unspecified atom stereocenters. The van der Waals surface area contributed by atoms with Crippen molar-refractivity contribution in [2.45, 2.75) is 37.8 Å². The zero-order chi connectivity index (χ0) is 12.3. The number of nitrogens with one attached hydrogen (secondary N) is 1. The van der Waals surface area contributed by atoms with Gasteiger partial charge in [0.15, 0.2) is 0 Å². The zero-order valence-corrected chi connectivity index (χ0v) is 11.3. The first-order valence-corrected chi connectivity index (χ1v) is 7.56. The van der Waals surface area contributed by atoms with Gasteiger partial charge in [0.05, 0.1) is 11.6 Å². The van der Waals surface area contributed by atoms with Gasteiger partial charge in [0.1, 0.15) is 0 Å². The Hall–Kier alpha value is -0.260. The van der Waals surface area contributed by atoms with Gasteiger partial charge in [0.25, 0.3) is 0 Å². The molecule has 2 aliphatic rings. The standard InChI is InChI=1S/C12H22N2O2S/c1-12(16)3-2-6-14(7-4-12)11(15)10-9-17-8-5-13-10/h10,13,16H,2-9H2,1H3. The van der Waals surface area contributed by atoms with E-state index in [2.05, 4.69) is 5.32 Å². The summed E-state index contributed by atoms with van der Waals surface area (Å²) < 4.78 is 0. The quantitative estimate of drug-likeness (QED) is 0.717. The first-order chi connectivity index (χ1) is 8.08. The minimum absolute atomic E-state index is 0.0169. The molecule has 2 heterocycles. The molecular weight excluding hydrogens is 236 g/mol. The molecule has 98 valence electrons. The Morgan fingerprint density at radius 2 is 2.29 bits per heavy atom. The SMILES string of the molecule is CC1(O)CCCN(C(=O)C2CSCCN2)CC1. The summed E-state index contributed by atoms with van der Waals surface area (Å²) in [7, 11) is 0. The van der Waals surface area contributed by atoms with Gasteiger partial charge in [-0.25, -0.2) is 0 Å². The van der Waals surface area contributed by atoms with E-state index in [9.17, 15) is 9.90 Å². The van der Waals surface area contributed by atoms with Crippen molar-refractivity contribution in [3.63, 3.8) is 0 Å². The molecule has 4 nitrogen and oxygen atoms in total. The fourth-order valence-corrected chi connectivity index (χ4v) is 3.35. The highest BCUT2D eigenvalue weighted by molar-refractivity contribution is 7.99. The van der Waals surface area contributed by atoms with Crippen molar-refractivity contribution >= 4 is 17.7 Å². The van der Waals surface area contributed by atoms with Crippen molar-refractivity contribution in [1.82, 2.24) is 10.2 Å². The third-order valence-electron chi connectivity index (χ3n) is 3.60. The number of carbonyl (C=O) groups excluding carboxylic acids is 1. The molecule has 2 aliphatic heterocycles. The molecule has 0 aromatic carbocycles. The van der Waals surface area contributed by atoms with Crippen LogP contribution in [0.1, 0.15) is 26.2 Å². The van der Waals surface area contributed by atoms with Gasteiger partial charge in [0, 0.05) is 31.1 Å². The van der Waals surface area contributed by atoms with E-state index >= 15 is 0 Å². The summed E-state index contributed by atoms with van der Waals surface area (Å²) in [6.45, 7) is 4.27. The zero-order valence-electron chi connectivity index (χ0n) is 10.4. The Balaban J connectivity index is 1.90. The van der Waals surface area contributed by atoms with Crippen molar-refractivity contribution in [1.29, 1.82) is 0 Å². The van der Waals surface area contributed by atoms with Crippen LogP contribution < -0.4 is 5.32 Å². The van der Waals surface area contributed by atoms with Crippen molar-refractivity contribution in [2.24, 2.45) is 0 Å². The average molecular weight is 258 g/mol. The first-order valence-electron chi connectivity index (χ1n) is 6.41. The molecule has 2 rings (SSSR count). The lowest BCUT2D eigenvalue weighted by Gasteiger charge is -2.29. The number of aliphatic hydroxyl groups is 1. The van der Waals surface area contributed by atoms with Crippen molar-refractivity contribution in [3.05, 3.63) is 0 Å². The molecule has 0 aliphatic carbocycles.